The van der Waals surface area contributed by atoms with Crippen LogP contribution in [0.5, 0.6) is 0 Å². The third-order valence-corrected chi connectivity index (χ3v) is 8.29. The van der Waals surface area contributed by atoms with Gasteiger partial charge in [0.15, 0.2) is 0 Å². The lowest BCUT2D eigenvalue weighted by Gasteiger charge is -2.34. The van der Waals surface area contributed by atoms with Crippen LogP contribution >= 0.6 is 0 Å². The minimum absolute atomic E-state index is 0.406. The third kappa shape index (κ3) is 3.02. The lowest BCUT2D eigenvalue weighted by atomic mass is 9.67. The highest BCUT2D eigenvalue weighted by atomic mass is 14.6. The van der Waals surface area contributed by atoms with E-state index in [2.05, 4.69) is 115 Å². The van der Waals surface area contributed by atoms with Crippen LogP contribution in [0.4, 0.5) is 5.69 Å². The zero-order chi connectivity index (χ0) is 24.1. The largest absolute Gasteiger partial charge is 0.398 e. The number of hydrogen-bond donors (Lipinski definition) is 1. The van der Waals surface area contributed by atoms with E-state index in [0.717, 1.165) is 11.3 Å². The number of fused-ring (bicyclic) bond motifs is 4. The van der Waals surface area contributed by atoms with Gasteiger partial charge in [0.2, 0.25) is 0 Å². The van der Waals surface area contributed by atoms with Gasteiger partial charge in [-0.25, -0.2) is 0 Å². The van der Waals surface area contributed by atoms with Gasteiger partial charge in [-0.05, 0) is 87.9 Å². The van der Waals surface area contributed by atoms with E-state index >= 15 is 0 Å². The molecule has 0 saturated carbocycles. The molecular formula is C35H29N. The Balaban J connectivity index is 1.52. The topological polar surface area (TPSA) is 26.0 Å². The molecule has 0 atom stereocenters. The summed E-state index contributed by atoms with van der Waals surface area (Å²) in [6.07, 6.45) is 4.94. The van der Waals surface area contributed by atoms with Gasteiger partial charge in [0.05, 0.1) is 5.41 Å². The molecule has 2 N–H and O–H groups in total. The van der Waals surface area contributed by atoms with Gasteiger partial charge in [0.25, 0.3) is 0 Å². The number of aryl methyl sites for hydroxylation is 2. The molecule has 174 valence electrons. The standard InChI is InChI=1S/C35H29N/c36-34-23-33-31(22-30(34)26-20-19-24-11-7-8-12-25(24)21-26)29-17-9-10-18-32(29)35(33,27-13-3-1-4-14-27)28-15-5-2-6-16-28/h1-6,9-10,13-23H,7-8,11-12,36H2. The summed E-state index contributed by atoms with van der Waals surface area (Å²) in [7, 11) is 0. The third-order valence-electron chi connectivity index (χ3n) is 8.29. The van der Waals surface area contributed by atoms with E-state index < -0.39 is 5.41 Å². The molecule has 2 aliphatic carbocycles. The van der Waals surface area contributed by atoms with Crippen LogP contribution in [0.15, 0.2) is 115 Å². The SMILES string of the molecule is Nc1cc2c(cc1-c1ccc3c(c1)CCCC3)-c1ccccc1C2(c1ccccc1)c1ccccc1. The molecule has 0 aliphatic heterocycles. The van der Waals surface area contributed by atoms with Gasteiger partial charge in [0.1, 0.15) is 0 Å². The van der Waals surface area contributed by atoms with Crippen molar-refractivity contribution in [2.24, 2.45) is 0 Å². The fraction of sp³-hybridized carbons (Fsp3) is 0.143. The molecule has 0 aromatic heterocycles. The van der Waals surface area contributed by atoms with E-state index in [9.17, 15) is 0 Å². The van der Waals surface area contributed by atoms with Gasteiger partial charge < -0.3 is 5.73 Å². The molecule has 0 spiro atoms. The van der Waals surface area contributed by atoms with Gasteiger partial charge in [-0.3, -0.25) is 0 Å². The van der Waals surface area contributed by atoms with Crippen molar-refractivity contribution in [1.29, 1.82) is 0 Å². The zero-order valence-electron chi connectivity index (χ0n) is 20.4. The number of hydrogen-bond acceptors (Lipinski definition) is 1. The zero-order valence-corrected chi connectivity index (χ0v) is 20.4. The van der Waals surface area contributed by atoms with E-state index in [0.29, 0.717) is 0 Å². The molecule has 7 rings (SSSR count). The van der Waals surface area contributed by atoms with Crippen molar-refractivity contribution >= 4 is 5.69 Å². The Morgan fingerprint density at radius 3 is 1.86 bits per heavy atom. The molecule has 5 aromatic carbocycles. The summed E-state index contributed by atoms with van der Waals surface area (Å²) >= 11 is 0. The Hall–Kier alpha value is -4.10. The molecule has 0 bridgehead atoms. The fourth-order valence-electron chi connectivity index (χ4n) is 6.66. The summed E-state index contributed by atoms with van der Waals surface area (Å²) in [5.41, 5.74) is 20.4. The Bertz CT molecular complexity index is 1540. The van der Waals surface area contributed by atoms with Gasteiger partial charge in [-0.1, -0.05) is 103 Å². The molecule has 0 radical (unpaired) electrons. The Kier molecular flexibility index (Phi) is 4.85. The van der Waals surface area contributed by atoms with Crippen LogP contribution in [0, 0.1) is 0 Å². The normalized spacial score (nSPS) is 15.1. The van der Waals surface area contributed by atoms with Crippen LogP contribution in [0.25, 0.3) is 22.3 Å². The number of rotatable bonds is 3. The first-order chi connectivity index (χ1) is 17.8. The van der Waals surface area contributed by atoms with Crippen LogP contribution in [0.1, 0.15) is 46.2 Å². The number of nitrogen functional groups attached to an aromatic ring is 1. The molecule has 1 heteroatoms. The Labute approximate surface area is 213 Å². The van der Waals surface area contributed by atoms with E-state index in [4.69, 9.17) is 5.73 Å². The Morgan fingerprint density at radius 2 is 1.14 bits per heavy atom. The summed E-state index contributed by atoms with van der Waals surface area (Å²) in [5, 5.41) is 0. The average molecular weight is 464 g/mol. The lowest BCUT2D eigenvalue weighted by Crippen LogP contribution is -2.28. The average Bonchev–Trinajstić information content (AvgIpc) is 3.23. The first-order valence-electron chi connectivity index (χ1n) is 13.0. The molecule has 0 amide bonds. The predicted octanol–water partition coefficient (Wildman–Crippen LogP) is 8.18. The van der Waals surface area contributed by atoms with E-state index in [1.807, 2.05) is 0 Å². The quantitative estimate of drug-likeness (QED) is 0.263. The van der Waals surface area contributed by atoms with Gasteiger partial charge in [-0.15, -0.1) is 0 Å². The molecular weight excluding hydrogens is 434 g/mol. The molecule has 2 aliphatic rings. The second-order valence-electron chi connectivity index (χ2n) is 10.2. The molecule has 36 heavy (non-hydrogen) atoms. The summed E-state index contributed by atoms with van der Waals surface area (Å²) in [6, 6.07) is 42.3. The highest BCUT2D eigenvalue weighted by Crippen LogP contribution is 2.57. The van der Waals surface area contributed by atoms with Crippen LogP contribution in [-0.4, -0.2) is 0 Å². The molecule has 0 unspecified atom stereocenters. The van der Waals surface area contributed by atoms with Crippen LogP contribution in [0.2, 0.25) is 0 Å². The van der Waals surface area contributed by atoms with Gasteiger partial charge in [-0.2, -0.15) is 0 Å². The summed E-state index contributed by atoms with van der Waals surface area (Å²) in [5.74, 6) is 0. The van der Waals surface area contributed by atoms with Gasteiger partial charge >= 0.3 is 0 Å². The van der Waals surface area contributed by atoms with Crippen molar-refractivity contribution in [3.63, 3.8) is 0 Å². The van der Waals surface area contributed by atoms with E-state index in [1.165, 1.54) is 75.8 Å². The lowest BCUT2D eigenvalue weighted by molar-refractivity contribution is 0.686. The van der Waals surface area contributed by atoms with Crippen molar-refractivity contribution in [1.82, 2.24) is 0 Å². The van der Waals surface area contributed by atoms with E-state index in [-0.39, 0.29) is 0 Å². The second kappa shape index (κ2) is 8.24. The second-order valence-corrected chi connectivity index (χ2v) is 10.2. The van der Waals surface area contributed by atoms with Crippen LogP contribution < -0.4 is 5.73 Å². The van der Waals surface area contributed by atoms with Crippen molar-refractivity contribution in [3.8, 4) is 22.3 Å². The van der Waals surface area contributed by atoms with Crippen molar-refractivity contribution in [2.45, 2.75) is 31.1 Å². The summed E-state index contributed by atoms with van der Waals surface area (Å²) in [4.78, 5) is 0. The number of anilines is 1. The maximum atomic E-state index is 6.91. The monoisotopic (exact) mass is 463 g/mol. The Morgan fingerprint density at radius 1 is 0.500 bits per heavy atom. The van der Waals surface area contributed by atoms with E-state index in [1.54, 1.807) is 0 Å². The highest BCUT2D eigenvalue weighted by molar-refractivity contribution is 5.92. The summed E-state index contributed by atoms with van der Waals surface area (Å²) < 4.78 is 0. The predicted molar refractivity (Wildman–Crippen MR) is 150 cm³/mol. The van der Waals surface area contributed by atoms with Crippen LogP contribution in [-0.2, 0) is 18.3 Å². The molecule has 1 nitrogen and oxygen atoms in total. The molecule has 0 heterocycles. The van der Waals surface area contributed by atoms with Crippen molar-refractivity contribution in [2.75, 3.05) is 5.73 Å². The highest BCUT2D eigenvalue weighted by Gasteiger charge is 2.46. The maximum Gasteiger partial charge on any atom is 0.0714 e. The fourth-order valence-corrected chi connectivity index (χ4v) is 6.66. The molecule has 0 fully saturated rings. The van der Waals surface area contributed by atoms with Crippen LogP contribution in [0.3, 0.4) is 0 Å². The van der Waals surface area contributed by atoms with Crippen molar-refractivity contribution in [3.05, 3.63) is 149 Å². The van der Waals surface area contributed by atoms with Crippen molar-refractivity contribution < 1.29 is 0 Å². The van der Waals surface area contributed by atoms with Gasteiger partial charge in [0, 0.05) is 11.3 Å². The smallest absolute Gasteiger partial charge is 0.0714 e. The first kappa shape index (κ1) is 21.2. The molecule has 5 aromatic rings. The first-order valence-corrected chi connectivity index (χ1v) is 13.0. The maximum absolute atomic E-state index is 6.91. The minimum atomic E-state index is -0.406. The number of benzene rings is 5. The minimum Gasteiger partial charge on any atom is -0.398 e. The molecule has 0 saturated heterocycles. The number of nitrogens with two attached hydrogens (primary N) is 1. The summed E-state index contributed by atoms with van der Waals surface area (Å²) in [6.45, 7) is 0.